The van der Waals surface area contributed by atoms with Gasteiger partial charge in [0.15, 0.2) is 0 Å². The minimum Gasteiger partial charge on any atom is -0.507 e. The van der Waals surface area contributed by atoms with Crippen molar-refractivity contribution >= 4 is 12.0 Å². The van der Waals surface area contributed by atoms with Crippen molar-refractivity contribution in [2.45, 2.75) is 52.4 Å². The lowest BCUT2D eigenvalue weighted by Gasteiger charge is -2.27. The van der Waals surface area contributed by atoms with Gasteiger partial charge < -0.3 is 10.8 Å². The van der Waals surface area contributed by atoms with Crippen LogP contribution in [0.4, 0.5) is 0 Å². The summed E-state index contributed by atoms with van der Waals surface area (Å²) in [6.07, 6.45) is 1.46. The lowest BCUT2D eigenvalue weighted by Crippen LogP contribution is -2.17. The highest BCUT2D eigenvalue weighted by Gasteiger charge is 2.26. The molecule has 0 unspecified atom stereocenters. The molecule has 3 N–H and O–H groups in total. The van der Waals surface area contributed by atoms with Gasteiger partial charge >= 0.3 is 0 Å². The summed E-state index contributed by atoms with van der Waals surface area (Å²) >= 11 is 0. The van der Waals surface area contributed by atoms with Crippen LogP contribution in [0.2, 0.25) is 0 Å². The Morgan fingerprint density at radius 2 is 1.55 bits per heavy atom. The molecule has 0 radical (unpaired) electrons. The molecule has 0 aliphatic carbocycles. The maximum atomic E-state index is 11.2. The maximum Gasteiger partial charge on any atom is 0.259 e. The summed E-state index contributed by atoms with van der Waals surface area (Å²) in [5.41, 5.74) is 6.77. The predicted molar refractivity (Wildman–Crippen MR) is 88.3 cm³/mol. The van der Waals surface area contributed by atoms with Gasteiger partial charge in [-0.3, -0.25) is 4.79 Å². The van der Waals surface area contributed by atoms with E-state index in [0.717, 1.165) is 11.1 Å². The van der Waals surface area contributed by atoms with Crippen molar-refractivity contribution in [2.75, 3.05) is 0 Å². The van der Waals surface area contributed by atoms with Crippen LogP contribution in [0.3, 0.4) is 0 Å². The van der Waals surface area contributed by atoms with Gasteiger partial charge in [0.25, 0.3) is 5.91 Å². The molecule has 1 amide bonds. The number of phenols is 1. The van der Waals surface area contributed by atoms with E-state index in [4.69, 9.17) is 11.0 Å². The van der Waals surface area contributed by atoms with Crippen LogP contribution in [-0.2, 0) is 15.6 Å². The normalized spacial score (nSPS) is 12.9. The standard InChI is InChI=1S/C18H24N2O2/c1-17(2,3)13-8-11(7-12(10-19)16(20)22)9-14(15(13)21)18(4,5)6/h7-9,21H,1-6H3,(H2,20,22). The third kappa shape index (κ3) is 3.88. The number of nitrogens with zero attached hydrogens (tertiary/aromatic N) is 1. The number of carbonyl (C=O) groups excluding carboxylic acids is 1. The van der Waals surface area contributed by atoms with Crippen LogP contribution in [0.5, 0.6) is 5.75 Å². The van der Waals surface area contributed by atoms with E-state index in [1.807, 2.05) is 41.5 Å². The Morgan fingerprint density at radius 1 is 1.14 bits per heavy atom. The summed E-state index contributed by atoms with van der Waals surface area (Å²) in [7, 11) is 0. The van der Waals surface area contributed by atoms with Crippen LogP contribution < -0.4 is 5.73 Å². The fourth-order valence-electron chi connectivity index (χ4n) is 2.21. The van der Waals surface area contributed by atoms with Crippen LogP contribution >= 0.6 is 0 Å². The topological polar surface area (TPSA) is 87.1 Å². The van der Waals surface area contributed by atoms with E-state index < -0.39 is 5.91 Å². The van der Waals surface area contributed by atoms with Gasteiger partial charge in [-0.1, -0.05) is 41.5 Å². The molecular weight excluding hydrogens is 276 g/mol. The predicted octanol–water partition coefficient (Wildman–Crippen LogP) is 3.38. The smallest absolute Gasteiger partial charge is 0.259 e. The molecule has 0 saturated heterocycles. The molecular formula is C18H24N2O2. The molecule has 0 atom stereocenters. The monoisotopic (exact) mass is 300 g/mol. The van der Waals surface area contributed by atoms with Gasteiger partial charge in [0.05, 0.1) is 0 Å². The van der Waals surface area contributed by atoms with Crippen molar-refractivity contribution in [3.8, 4) is 11.8 Å². The van der Waals surface area contributed by atoms with E-state index in [1.165, 1.54) is 6.08 Å². The molecule has 0 saturated carbocycles. The number of rotatable bonds is 2. The van der Waals surface area contributed by atoms with Gasteiger partial charge in [0.1, 0.15) is 17.4 Å². The van der Waals surface area contributed by atoms with E-state index in [-0.39, 0.29) is 22.2 Å². The first-order valence-corrected chi connectivity index (χ1v) is 7.17. The second-order valence-corrected chi connectivity index (χ2v) is 7.50. The van der Waals surface area contributed by atoms with Crippen molar-refractivity contribution in [1.29, 1.82) is 5.26 Å². The molecule has 0 bridgehead atoms. The molecule has 0 aromatic heterocycles. The molecule has 1 aromatic rings. The van der Waals surface area contributed by atoms with Crippen molar-refractivity contribution in [1.82, 2.24) is 0 Å². The highest BCUT2D eigenvalue weighted by Crippen LogP contribution is 2.40. The molecule has 4 heteroatoms. The zero-order valence-electron chi connectivity index (χ0n) is 14.1. The molecule has 1 rings (SSSR count). The molecule has 1 aromatic carbocycles. The van der Waals surface area contributed by atoms with Crippen LogP contribution in [0.25, 0.3) is 6.08 Å². The van der Waals surface area contributed by atoms with Crippen molar-refractivity contribution < 1.29 is 9.90 Å². The van der Waals surface area contributed by atoms with E-state index in [9.17, 15) is 9.90 Å². The van der Waals surface area contributed by atoms with E-state index in [2.05, 4.69) is 0 Å². The largest absolute Gasteiger partial charge is 0.507 e. The summed E-state index contributed by atoms with van der Waals surface area (Å²) < 4.78 is 0. The highest BCUT2D eigenvalue weighted by atomic mass is 16.3. The summed E-state index contributed by atoms with van der Waals surface area (Å²) in [5.74, 6) is -0.500. The first kappa shape index (κ1) is 17.8. The summed E-state index contributed by atoms with van der Waals surface area (Å²) in [6, 6.07) is 5.40. The van der Waals surface area contributed by atoms with Gasteiger partial charge in [-0.25, -0.2) is 0 Å². The summed E-state index contributed by atoms with van der Waals surface area (Å²) in [4.78, 5) is 11.2. The summed E-state index contributed by atoms with van der Waals surface area (Å²) in [6.45, 7) is 12.0. The Morgan fingerprint density at radius 3 is 1.82 bits per heavy atom. The molecule has 0 heterocycles. The van der Waals surface area contributed by atoms with Crippen LogP contribution in [0.1, 0.15) is 58.2 Å². The van der Waals surface area contributed by atoms with Gasteiger partial charge in [0.2, 0.25) is 0 Å². The fourth-order valence-corrected chi connectivity index (χ4v) is 2.21. The number of nitriles is 1. The Balaban J connectivity index is 3.70. The number of primary amides is 1. The van der Waals surface area contributed by atoms with E-state index in [0.29, 0.717) is 5.56 Å². The van der Waals surface area contributed by atoms with Gasteiger partial charge in [0, 0.05) is 11.1 Å². The lowest BCUT2D eigenvalue weighted by atomic mass is 9.78. The minimum atomic E-state index is -0.759. The van der Waals surface area contributed by atoms with Crippen LogP contribution in [0.15, 0.2) is 17.7 Å². The van der Waals surface area contributed by atoms with Crippen LogP contribution in [-0.4, -0.2) is 11.0 Å². The number of phenolic OH excluding ortho intramolecular Hbond substituents is 1. The number of hydrogen-bond acceptors (Lipinski definition) is 3. The first-order chi connectivity index (χ1) is 9.87. The Bertz CT molecular complexity index is 631. The number of benzene rings is 1. The molecule has 0 spiro atoms. The number of carbonyl (C=O) groups is 1. The average molecular weight is 300 g/mol. The number of hydrogen-bond donors (Lipinski definition) is 2. The quantitative estimate of drug-likeness (QED) is 0.648. The fraction of sp³-hybridized carbons (Fsp3) is 0.444. The van der Waals surface area contributed by atoms with Crippen LogP contribution in [0, 0.1) is 11.3 Å². The molecule has 4 nitrogen and oxygen atoms in total. The number of nitrogens with two attached hydrogens (primary N) is 1. The minimum absolute atomic E-state index is 0.106. The molecule has 0 aliphatic heterocycles. The van der Waals surface area contributed by atoms with E-state index in [1.54, 1.807) is 18.2 Å². The molecule has 0 fully saturated rings. The second-order valence-electron chi connectivity index (χ2n) is 7.50. The lowest BCUT2D eigenvalue weighted by molar-refractivity contribution is -0.114. The third-order valence-corrected chi connectivity index (χ3v) is 3.45. The van der Waals surface area contributed by atoms with Gasteiger partial charge in [-0.2, -0.15) is 5.26 Å². The van der Waals surface area contributed by atoms with Crippen molar-refractivity contribution in [3.05, 3.63) is 34.4 Å². The van der Waals surface area contributed by atoms with Gasteiger partial charge in [-0.15, -0.1) is 0 Å². The van der Waals surface area contributed by atoms with Crippen molar-refractivity contribution in [3.63, 3.8) is 0 Å². The first-order valence-electron chi connectivity index (χ1n) is 7.17. The Hall–Kier alpha value is -2.28. The van der Waals surface area contributed by atoms with E-state index >= 15 is 0 Å². The molecule has 0 aliphatic rings. The SMILES string of the molecule is CC(C)(C)c1cc(C=C(C#N)C(N)=O)cc(C(C)(C)C)c1O. The zero-order valence-corrected chi connectivity index (χ0v) is 14.1. The highest BCUT2D eigenvalue weighted by molar-refractivity contribution is 6.00. The van der Waals surface area contributed by atoms with Crippen molar-refractivity contribution in [2.24, 2.45) is 5.73 Å². The number of amides is 1. The Labute approximate surface area is 132 Å². The summed E-state index contributed by atoms with van der Waals surface area (Å²) in [5, 5.41) is 19.6. The molecule has 22 heavy (non-hydrogen) atoms. The maximum absolute atomic E-state index is 11.2. The molecule has 118 valence electrons. The second kappa shape index (κ2) is 5.84. The Kier molecular flexibility index (Phi) is 4.72. The zero-order chi connectivity index (χ0) is 17.3. The third-order valence-electron chi connectivity index (χ3n) is 3.45. The number of aromatic hydroxyl groups is 1. The van der Waals surface area contributed by atoms with Gasteiger partial charge in [-0.05, 0) is 34.6 Å². The average Bonchev–Trinajstić information content (AvgIpc) is 2.34.